The molecule has 0 saturated carbocycles. The molecule has 2 aromatic heterocycles. The number of aromatic nitrogens is 3. The molecule has 1 N–H and O–H groups in total. The van der Waals surface area contributed by atoms with Gasteiger partial charge in [-0.2, -0.15) is 17.7 Å². The molecule has 0 aliphatic carbocycles. The van der Waals surface area contributed by atoms with Gasteiger partial charge in [0.2, 0.25) is 0 Å². The van der Waals surface area contributed by atoms with Gasteiger partial charge in [0.15, 0.2) is 0 Å². The molecule has 1 saturated heterocycles. The Balaban J connectivity index is 1.90. The van der Waals surface area contributed by atoms with Gasteiger partial charge in [0.05, 0.1) is 34.8 Å². The first kappa shape index (κ1) is 15.6. The van der Waals surface area contributed by atoms with Crippen LogP contribution in [0.15, 0.2) is 23.9 Å². The maximum atomic E-state index is 6.08. The lowest BCUT2D eigenvalue weighted by Crippen LogP contribution is -2.41. The predicted octanol–water partition coefficient (Wildman–Crippen LogP) is 2.90. The second-order valence-electron chi connectivity index (χ2n) is 6.53. The summed E-state index contributed by atoms with van der Waals surface area (Å²) in [5.74, 6) is 0.544. The first-order valence-corrected chi connectivity index (χ1v) is 7.92. The number of nitrogens with one attached hydrogen (secondary N) is 1. The lowest BCUT2D eigenvalue weighted by atomic mass is 9.78. The monoisotopic (exact) mass is 317 g/mol. The molecule has 0 amide bonds. The van der Waals surface area contributed by atoms with E-state index in [0.29, 0.717) is 5.75 Å². The van der Waals surface area contributed by atoms with E-state index in [-0.39, 0.29) is 11.2 Å². The van der Waals surface area contributed by atoms with E-state index in [2.05, 4.69) is 27.8 Å². The fraction of sp³-hybridized carbons (Fsp3) is 0.467. The summed E-state index contributed by atoms with van der Waals surface area (Å²) < 4.78 is 12.2. The van der Waals surface area contributed by atoms with Crippen molar-refractivity contribution < 1.29 is 9.31 Å². The lowest BCUT2D eigenvalue weighted by molar-refractivity contribution is 0.00578. The van der Waals surface area contributed by atoms with Gasteiger partial charge in [-0.05, 0) is 45.3 Å². The number of H-pyrrole nitrogens is 1. The Morgan fingerprint density at radius 2 is 1.95 bits per heavy atom. The van der Waals surface area contributed by atoms with Crippen LogP contribution < -0.4 is 0 Å². The molecule has 7 heteroatoms. The molecule has 116 valence electrons. The van der Waals surface area contributed by atoms with Crippen LogP contribution in [0.25, 0.3) is 17.0 Å². The van der Waals surface area contributed by atoms with Crippen LogP contribution in [-0.2, 0) is 9.31 Å². The van der Waals surface area contributed by atoms with E-state index < -0.39 is 7.12 Å². The van der Waals surface area contributed by atoms with E-state index in [1.807, 2.05) is 39.8 Å². The lowest BCUT2D eigenvalue weighted by Gasteiger charge is -2.32. The molecule has 1 aliphatic rings. The quantitative estimate of drug-likeness (QED) is 0.675. The molecule has 0 unspecified atom stereocenters. The van der Waals surface area contributed by atoms with E-state index >= 15 is 0 Å². The Kier molecular flexibility index (Phi) is 3.83. The number of nitrogens with zero attached hydrogens (tertiary/aromatic N) is 2. The Morgan fingerprint density at radius 1 is 1.27 bits per heavy atom. The Hall–Kier alpha value is -1.31. The molecule has 0 radical (unpaired) electrons. The number of aromatic amines is 1. The van der Waals surface area contributed by atoms with E-state index in [0.717, 1.165) is 22.1 Å². The van der Waals surface area contributed by atoms with Crippen molar-refractivity contribution in [2.24, 2.45) is 0 Å². The summed E-state index contributed by atoms with van der Waals surface area (Å²) in [5, 5.41) is 7.92. The minimum atomic E-state index is -0.399. The Bertz CT molecular complexity index is 710. The van der Waals surface area contributed by atoms with E-state index in [1.165, 1.54) is 0 Å². The molecule has 0 aromatic carbocycles. The number of hydrogen-bond donors (Lipinski definition) is 2. The Morgan fingerprint density at radius 3 is 2.59 bits per heavy atom. The van der Waals surface area contributed by atoms with Crippen molar-refractivity contribution in [1.29, 1.82) is 0 Å². The zero-order chi connectivity index (χ0) is 16.0. The smallest absolute Gasteiger partial charge is 0.400 e. The number of rotatable bonds is 3. The maximum Gasteiger partial charge on any atom is 0.491 e. The molecule has 3 heterocycles. The molecule has 1 fully saturated rings. The Labute approximate surface area is 136 Å². The van der Waals surface area contributed by atoms with Crippen LogP contribution in [0, 0.1) is 0 Å². The highest BCUT2D eigenvalue weighted by atomic mass is 32.1. The van der Waals surface area contributed by atoms with Crippen molar-refractivity contribution in [1.82, 2.24) is 15.2 Å². The molecule has 0 spiro atoms. The summed E-state index contributed by atoms with van der Waals surface area (Å²) in [5.41, 5.74) is 1.99. The van der Waals surface area contributed by atoms with Crippen LogP contribution in [0.4, 0.5) is 0 Å². The number of thiol groups is 1. The van der Waals surface area contributed by atoms with E-state index in [4.69, 9.17) is 9.31 Å². The van der Waals surface area contributed by atoms with Crippen molar-refractivity contribution in [3.05, 3.63) is 29.6 Å². The average molecular weight is 317 g/mol. The number of pyridine rings is 1. The van der Waals surface area contributed by atoms with E-state index in [1.54, 1.807) is 12.4 Å². The average Bonchev–Trinajstić information content (AvgIpc) is 2.98. The summed E-state index contributed by atoms with van der Waals surface area (Å²) in [6.45, 7) is 8.16. The summed E-state index contributed by atoms with van der Waals surface area (Å²) >= 11 is 4.42. The minimum absolute atomic E-state index is 0.359. The van der Waals surface area contributed by atoms with Crippen molar-refractivity contribution in [3.8, 4) is 0 Å². The number of fused-ring (bicyclic) bond motifs is 1. The molecule has 0 bridgehead atoms. The molecular formula is C15H20BN3O2S. The highest BCUT2D eigenvalue weighted by Gasteiger charge is 2.52. The fourth-order valence-electron chi connectivity index (χ4n) is 2.31. The zero-order valence-electron chi connectivity index (χ0n) is 13.3. The number of hydrogen-bond acceptors (Lipinski definition) is 5. The molecule has 22 heavy (non-hydrogen) atoms. The largest absolute Gasteiger partial charge is 0.491 e. The first-order valence-electron chi connectivity index (χ1n) is 7.28. The van der Waals surface area contributed by atoms with Gasteiger partial charge in [-0.1, -0.05) is 0 Å². The highest BCUT2D eigenvalue weighted by molar-refractivity contribution is 7.80. The van der Waals surface area contributed by atoms with Crippen LogP contribution >= 0.6 is 12.6 Å². The second kappa shape index (κ2) is 5.40. The topological polar surface area (TPSA) is 60.0 Å². The summed E-state index contributed by atoms with van der Waals surface area (Å²) in [4.78, 5) is 4.42. The standard InChI is InChI=1S/C15H20BN3O2S/c1-14(2)15(3,4)21-16(20-14)11(9-22)6-12-5-10-7-18-19-13(10)8-17-12/h5-8,22H,9H2,1-4H3,(H,18,19). The van der Waals surface area contributed by atoms with Gasteiger partial charge >= 0.3 is 7.12 Å². The zero-order valence-corrected chi connectivity index (χ0v) is 14.1. The second-order valence-corrected chi connectivity index (χ2v) is 6.85. The first-order chi connectivity index (χ1) is 10.3. The van der Waals surface area contributed by atoms with Gasteiger partial charge in [0.25, 0.3) is 0 Å². The van der Waals surface area contributed by atoms with Gasteiger partial charge < -0.3 is 9.31 Å². The third kappa shape index (κ3) is 2.68. The van der Waals surface area contributed by atoms with E-state index in [9.17, 15) is 0 Å². The minimum Gasteiger partial charge on any atom is -0.400 e. The fourth-order valence-corrected chi connectivity index (χ4v) is 2.55. The predicted molar refractivity (Wildman–Crippen MR) is 91.8 cm³/mol. The SMILES string of the molecule is CC1(C)OB(C(=Cc2cc3cn[nH]c3cn2)CS)OC1(C)C. The molecular weight excluding hydrogens is 297 g/mol. The van der Waals surface area contributed by atoms with Gasteiger partial charge in [-0.25, -0.2) is 0 Å². The van der Waals surface area contributed by atoms with Crippen LogP contribution in [0.5, 0.6) is 0 Å². The van der Waals surface area contributed by atoms with Gasteiger partial charge in [-0.15, -0.1) is 0 Å². The van der Waals surface area contributed by atoms with Gasteiger partial charge in [0.1, 0.15) is 0 Å². The molecule has 1 aliphatic heterocycles. The molecule has 5 nitrogen and oxygen atoms in total. The normalized spacial score (nSPS) is 20.8. The summed E-state index contributed by atoms with van der Waals surface area (Å²) in [6, 6.07) is 1.98. The molecule has 0 atom stereocenters. The van der Waals surface area contributed by atoms with Crippen molar-refractivity contribution >= 4 is 36.7 Å². The van der Waals surface area contributed by atoms with Crippen molar-refractivity contribution in [3.63, 3.8) is 0 Å². The van der Waals surface area contributed by atoms with Crippen LogP contribution in [0.1, 0.15) is 33.4 Å². The van der Waals surface area contributed by atoms with Gasteiger partial charge in [-0.3, -0.25) is 10.1 Å². The van der Waals surface area contributed by atoms with Crippen LogP contribution in [0.3, 0.4) is 0 Å². The maximum absolute atomic E-state index is 6.08. The molecule has 2 aromatic rings. The van der Waals surface area contributed by atoms with Crippen LogP contribution in [0.2, 0.25) is 0 Å². The van der Waals surface area contributed by atoms with Crippen molar-refractivity contribution in [2.75, 3.05) is 5.75 Å². The summed E-state index contributed by atoms with van der Waals surface area (Å²) in [6.07, 6.45) is 5.53. The highest BCUT2D eigenvalue weighted by Crippen LogP contribution is 2.38. The summed E-state index contributed by atoms with van der Waals surface area (Å²) in [7, 11) is -0.399. The third-order valence-corrected chi connectivity index (χ3v) is 4.78. The van der Waals surface area contributed by atoms with Crippen molar-refractivity contribution in [2.45, 2.75) is 38.9 Å². The third-order valence-electron chi connectivity index (χ3n) is 4.42. The van der Waals surface area contributed by atoms with Gasteiger partial charge in [0, 0.05) is 11.1 Å². The van der Waals surface area contributed by atoms with Crippen LogP contribution in [-0.4, -0.2) is 39.3 Å². The molecule has 3 rings (SSSR count).